The highest BCUT2D eigenvalue weighted by molar-refractivity contribution is 7.09. The van der Waals surface area contributed by atoms with E-state index in [4.69, 9.17) is 4.74 Å². The first kappa shape index (κ1) is 16.1. The molecule has 1 aromatic carbocycles. The van der Waals surface area contributed by atoms with Crippen molar-refractivity contribution in [2.75, 3.05) is 12.0 Å². The van der Waals surface area contributed by atoms with Gasteiger partial charge >= 0.3 is 0 Å². The fraction of sp³-hybridized carbons (Fsp3) is 0.167. The maximum atomic E-state index is 12.9. The summed E-state index contributed by atoms with van der Waals surface area (Å²) in [4.78, 5) is 24.1. The number of amides is 1. The van der Waals surface area contributed by atoms with E-state index in [-0.39, 0.29) is 5.91 Å². The number of hydrogen-bond acceptors (Lipinski definition) is 5. The molecule has 2 aromatic heterocycles. The van der Waals surface area contributed by atoms with E-state index in [9.17, 15) is 4.79 Å². The predicted octanol–water partition coefficient (Wildman–Crippen LogP) is 3.70. The quantitative estimate of drug-likeness (QED) is 0.711. The molecule has 6 heteroatoms. The topological polar surface area (TPSA) is 55.3 Å². The largest absolute Gasteiger partial charge is 0.497 e. The maximum Gasteiger partial charge on any atom is 0.278 e. The minimum atomic E-state index is -0.180. The number of rotatable bonds is 5. The maximum absolute atomic E-state index is 12.9. The highest BCUT2D eigenvalue weighted by Gasteiger charge is 2.20. The molecule has 0 atom stereocenters. The molecule has 0 aliphatic carbocycles. The number of benzene rings is 1. The second-order valence-corrected chi connectivity index (χ2v) is 6.24. The van der Waals surface area contributed by atoms with Crippen LogP contribution in [0.1, 0.15) is 21.1 Å². The first-order valence-electron chi connectivity index (χ1n) is 7.44. The molecule has 0 radical (unpaired) electrons. The van der Waals surface area contributed by atoms with E-state index in [1.807, 2.05) is 48.7 Å². The number of ether oxygens (including phenoxy) is 1. The third-order valence-corrected chi connectivity index (χ3v) is 4.38. The smallest absolute Gasteiger partial charge is 0.278 e. The molecule has 24 heavy (non-hydrogen) atoms. The summed E-state index contributed by atoms with van der Waals surface area (Å²) in [6.45, 7) is 2.33. The number of anilines is 1. The molecule has 2 heterocycles. The Balaban J connectivity index is 1.93. The Kier molecular flexibility index (Phi) is 4.86. The lowest BCUT2D eigenvalue weighted by molar-refractivity contribution is 0.0980. The minimum absolute atomic E-state index is 0.180. The monoisotopic (exact) mass is 339 g/mol. The zero-order chi connectivity index (χ0) is 16.9. The Morgan fingerprint density at radius 1 is 1.17 bits per heavy atom. The standard InChI is InChI=1S/C18H17N3O2S/c1-13-10-20-17(11-19-13)18(22)21(12-16-4-3-9-24-16)14-5-7-15(23-2)8-6-14/h3-11H,12H2,1-2H3. The van der Waals surface area contributed by atoms with Gasteiger partial charge in [-0.1, -0.05) is 6.07 Å². The van der Waals surface area contributed by atoms with Crippen molar-refractivity contribution < 1.29 is 9.53 Å². The normalized spacial score (nSPS) is 10.4. The first-order valence-corrected chi connectivity index (χ1v) is 8.32. The van der Waals surface area contributed by atoms with Gasteiger partial charge in [0.25, 0.3) is 5.91 Å². The van der Waals surface area contributed by atoms with Crippen LogP contribution in [0, 0.1) is 6.92 Å². The fourth-order valence-electron chi connectivity index (χ4n) is 2.24. The van der Waals surface area contributed by atoms with Crippen LogP contribution in [0.2, 0.25) is 0 Å². The Hall–Kier alpha value is -2.73. The third kappa shape index (κ3) is 3.60. The average molecular weight is 339 g/mol. The highest BCUT2D eigenvalue weighted by atomic mass is 32.1. The van der Waals surface area contributed by atoms with E-state index in [1.165, 1.54) is 6.20 Å². The molecular formula is C18H17N3O2S. The molecule has 0 unspecified atom stereocenters. The molecular weight excluding hydrogens is 322 g/mol. The van der Waals surface area contributed by atoms with Gasteiger partial charge in [0.15, 0.2) is 0 Å². The summed E-state index contributed by atoms with van der Waals surface area (Å²) in [5, 5.41) is 2.00. The molecule has 1 amide bonds. The van der Waals surface area contributed by atoms with Gasteiger partial charge in [0.05, 0.1) is 25.5 Å². The Bertz CT molecular complexity index is 799. The lowest BCUT2D eigenvalue weighted by atomic mass is 10.2. The van der Waals surface area contributed by atoms with Crippen molar-refractivity contribution >= 4 is 22.9 Å². The summed E-state index contributed by atoms with van der Waals surface area (Å²) in [5.41, 5.74) is 1.89. The zero-order valence-corrected chi connectivity index (χ0v) is 14.3. The van der Waals surface area contributed by atoms with E-state index in [0.717, 1.165) is 22.0 Å². The second-order valence-electron chi connectivity index (χ2n) is 5.21. The number of hydrogen-bond donors (Lipinski definition) is 0. The third-order valence-electron chi connectivity index (χ3n) is 3.52. The van der Waals surface area contributed by atoms with E-state index in [2.05, 4.69) is 9.97 Å². The van der Waals surface area contributed by atoms with Gasteiger partial charge in [-0.05, 0) is 42.6 Å². The number of carbonyl (C=O) groups is 1. The van der Waals surface area contributed by atoms with Crippen molar-refractivity contribution in [2.24, 2.45) is 0 Å². The number of methoxy groups -OCH3 is 1. The molecule has 0 aliphatic heterocycles. The highest BCUT2D eigenvalue weighted by Crippen LogP contribution is 2.24. The Morgan fingerprint density at radius 2 is 1.96 bits per heavy atom. The molecule has 0 saturated heterocycles. The van der Waals surface area contributed by atoms with Crippen LogP contribution in [0.3, 0.4) is 0 Å². The van der Waals surface area contributed by atoms with Gasteiger partial charge in [-0.3, -0.25) is 9.78 Å². The van der Waals surface area contributed by atoms with Crippen LogP contribution in [0.4, 0.5) is 5.69 Å². The van der Waals surface area contributed by atoms with E-state index in [1.54, 1.807) is 29.5 Å². The summed E-state index contributed by atoms with van der Waals surface area (Å²) in [5.74, 6) is 0.568. The van der Waals surface area contributed by atoms with Gasteiger partial charge in [-0.25, -0.2) is 4.98 Å². The number of aryl methyl sites for hydroxylation is 1. The van der Waals surface area contributed by atoms with E-state index < -0.39 is 0 Å². The summed E-state index contributed by atoms with van der Waals surface area (Å²) < 4.78 is 5.19. The van der Waals surface area contributed by atoms with Gasteiger partial charge < -0.3 is 9.64 Å². The minimum Gasteiger partial charge on any atom is -0.497 e. The summed E-state index contributed by atoms with van der Waals surface area (Å²) in [7, 11) is 1.62. The second kappa shape index (κ2) is 7.23. The summed E-state index contributed by atoms with van der Waals surface area (Å²) in [6.07, 6.45) is 3.12. The van der Waals surface area contributed by atoms with Crippen LogP contribution in [-0.2, 0) is 6.54 Å². The molecule has 0 N–H and O–H groups in total. The van der Waals surface area contributed by atoms with E-state index >= 15 is 0 Å². The number of nitrogens with zero attached hydrogens (tertiary/aromatic N) is 3. The zero-order valence-electron chi connectivity index (χ0n) is 13.5. The van der Waals surface area contributed by atoms with Gasteiger partial charge in [0.1, 0.15) is 11.4 Å². The van der Waals surface area contributed by atoms with Crippen molar-refractivity contribution in [2.45, 2.75) is 13.5 Å². The molecule has 0 spiro atoms. The van der Waals surface area contributed by atoms with Crippen molar-refractivity contribution in [3.05, 3.63) is 70.4 Å². The van der Waals surface area contributed by atoms with Crippen LogP contribution in [0.15, 0.2) is 54.2 Å². The predicted molar refractivity (Wildman–Crippen MR) is 94.6 cm³/mol. The van der Waals surface area contributed by atoms with Crippen LogP contribution in [-0.4, -0.2) is 23.0 Å². The fourth-order valence-corrected chi connectivity index (χ4v) is 2.93. The van der Waals surface area contributed by atoms with Gasteiger partial charge in [0, 0.05) is 16.8 Å². The van der Waals surface area contributed by atoms with Crippen LogP contribution < -0.4 is 9.64 Å². The molecule has 3 rings (SSSR count). The molecule has 0 saturated carbocycles. The molecule has 0 fully saturated rings. The lowest BCUT2D eigenvalue weighted by Gasteiger charge is -2.22. The molecule has 0 aliphatic rings. The van der Waals surface area contributed by atoms with Crippen molar-refractivity contribution in [3.63, 3.8) is 0 Å². The van der Waals surface area contributed by atoms with Gasteiger partial charge in [-0.2, -0.15) is 0 Å². The van der Waals surface area contributed by atoms with Crippen molar-refractivity contribution in [1.29, 1.82) is 0 Å². The SMILES string of the molecule is COc1ccc(N(Cc2cccs2)C(=O)c2cnc(C)cn2)cc1. The average Bonchev–Trinajstić information content (AvgIpc) is 3.13. The number of carbonyl (C=O) groups excluding carboxylic acids is 1. The Labute approximate surface area is 144 Å². The molecule has 122 valence electrons. The summed E-state index contributed by atoms with van der Waals surface area (Å²) >= 11 is 1.61. The number of aromatic nitrogens is 2. The van der Waals surface area contributed by atoms with Gasteiger partial charge in [-0.15, -0.1) is 11.3 Å². The van der Waals surface area contributed by atoms with Crippen molar-refractivity contribution in [3.8, 4) is 5.75 Å². The Morgan fingerprint density at radius 3 is 2.54 bits per heavy atom. The first-order chi connectivity index (χ1) is 11.7. The summed E-state index contributed by atoms with van der Waals surface area (Å²) in [6, 6.07) is 11.4. The van der Waals surface area contributed by atoms with Crippen LogP contribution >= 0.6 is 11.3 Å². The molecule has 0 bridgehead atoms. The number of thiophene rings is 1. The van der Waals surface area contributed by atoms with Crippen LogP contribution in [0.5, 0.6) is 5.75 Å². The van der Waals surface area contributed by atoms with Crippen LogP contribution in [0.25, 0.3) is 0 Å². The lowest BCUT2D eigenvalue weighted by Crippen LogP contribution is -2.31. The van der Waals surface area contributed by atoms with E-state index in [0.29, 0.717) is 12.2 Å². The van der Waals surface area contributed by atoms with Crippen molar-refractivity contribution in [1.82, 2.24) is 9.97 Å². The molecule has 3 aromatic rings. The molecule has 5 nitrogen and oxygen atoms in total. The van der Waals surface area contributed by atoms with Gasteiger partial charge in [0.2, 0.25) is 0 Å².